The van der Waals surface area contributed by atoms with E-state index in [4.69, 9.17) is 10.2 Å². The second kappa shape index (κ2) is 6.41. The molecule has 1 saturated heterocycles. The molecule has 2 aliphatic rings. The van der Waals surface area contributed by atoms with E-state index in [0.29, 0.717) is 6.42 Å². The van der Waals surface area contributed by atoms with Crippen LogP contribution in [0.1, 0.15) is 19.3 Å². The summed E-state index contributed by atoms with van der Waals surface area (Å²) in [5.41, 5.74) is 3.83. The van der Waals surface area contributed by atoms with Crippen LogP contribution in [0, 0.1) is 28.2 Å². The molecule has 6 rings (SSSR count). The van der Waals surface area contributed by atoms with Gasteiger partial charge in [-0.1, -0.05) is 0 Å². The summed E-state index contributed by atoms with van der Waals surface area (Å²) in [5.74, 6) is 0. The first-order valence-electron chi connectivity index (χ1n) is 10.4. The maximum atomic E-state index is 9.50. The molecule has 0 bridgehead atoms. The van der Waals surface area contributed by atoms with Gasteiger partial charge in [0.15, 0.2) is 6.19 Å². The van der Waals surface area contributed by atoms with E-state index in [-0.39, 0.29) is 11.0 Å². The highest BCUT2D eigenvalue weighted by atomic mass is 15.3. The minimum atomic E-state index is -0.330. The molecule has 1 aliphatic carbocycles. The van der Waals surface area contributed by atoms with Crippen molar-refractivity contribution < 1.29 is 0 Å². The lowest BCUT2D eigenvalue weighted by Crippen LogP contribution is -2.67. The van der Waals surface area contributed by atoms with Crippen LogP contribution >= 0.6 is 0 Å². The Labute approximate surface area is 183 Å². The number of aromatic nitrogens is 7. The van der Waals surface area contributed by atoms with Gasteiger partial charge >= 0.3 is 0 Å². The van der Waals surface area contributed by atoms with Crippen LogP contribution < -0.4 is 0 Å². The second-order valence-corrected chi connectivity index (χ2v) is 9.05. The topological polar surface area (TPSA) is 117 Å². The molecule has 0 aromatic carbocycles. The normalized spacial score (nSPS) is 18.2. The summed E-state index contributed by atoms with van der Waals surface area (Å²) in [6.07, 6.45) is 13.6. The highest BCUT2D eigenvalue weighted by Crippen LogP contribution is 2.58. The Hall–Kier alpha value is -4.18. The van der Waals surface area contributed by atoms with Gasteiger partial charge in [0.2, 0.25) is 0 Å². The van der Waals surface area contributed by atoms with Gasteiger partial charge in [-0.15, -0.1) is 0 Å². The largest absolute Gasteiger partial charge is 0.309 e. The Kier molecular flexibility index (Phi) is 3.72. The van der Waals surface area contributed by atoms with E-state index in [1.54, 1.807) is 20.3 Å². The van der Waals surface area contributed by atoms with Crippen LogP contribution in [0.4, 0.5) is 0 Å². The standard InChI is InChI=1S/C22H20N10/c1-29-7-3-17(28-29)18-10-31-19(2-6-25-31)20(27-18)16-8-26-32(9-16)22(4-5-23)11-21(12-22)13-30(14-21)15-24/h2-3,6-10H,4,11-14H2,1H3. The summed E-state index contributed by atoms with van der Waals surface area (Å²) in [4.78, 5) is 6.66. The second-order valence-electron chi connectivity index (χ2n) is 9.05. The molecular formula is C22H20N10. The van der Waals surface area contributed by atoms with Crippen LogP contribution in [0.25, 0.3) is 28.2 Å². The number of nitriles is 2. The SMILES string of the molecule is Cn1ccc(-c2cn3nccc3c(-c3cnn(C4(CC#N)CC5(CN(C#N)C5)C4)c3)n2)n1. The zero-order valence-corrected chi connectivity index (χ0v) is 17.5. The summed E-state index contributed by atoms with van der Waals surface area (Å²) in [6.45, 7) is 1.55. The van der Waals surface area contributed by atoms with Crippen LogP contribution in [0.5, 0.6) is 0 Å². The van der Waals surface area contributed by atoms with Gasteiger partial charge in [0.25, 0.3) is 0 Å². The summed E-state index contributed by atoms with van der Waals surface area (Å²) < 4.78 is 5.49. The van der Waals surface area contributed by atoms with Crippen molar-refractivity contribution in [2.45, 2.75) is 24.8 Å². The fraction of sp³-hybridized carbons (Fsp3) is 0.364. The lowest BCUT2D eigenvalue weighted by molar-refractivity contribution is -0.117. The third-order valence-electron chi connectivity index (χ3n) is 6.72. The quantitative estimate of drug-likeness (QED) is 0.461. The van der Waals surface area contributed by atoms with Gasteiger partial charge in [0.05, 0.1) is 47.8 Å². The molecule has 10 nitrogen and oxygen atoms in total. The molecule has 32 heavy (non-hydrogen) atoms. The minimum Gasteiger partial charge on any atom is -0.309 e. The maximum absolute atomic E-state index is 9.50. The molecule has 0 N–H and O–H groups in total. The average Bonchev–Trinajstić information content (AvgIpc) is 3.48. The van der Waals surface area contributed by atoms with Gasteiger partial charge in [-0.3, -0.25) is 9.36 Å². The molecule has 0 atom stereocenters. The lowest BCUT2D eigenvalue weighted by atomic mass is 9.53. The highest BCUT2D eigenvalue weighted by Gasteiger charge is 2.61. The monoisotopic (exact) mass is 424 g/mol. The number of hydrogen-bond acceptors (Lipinski definition) is 7. The van der Waals surface area contributed by atoms with Crippen molar-refractivity contribution in [2.75, 3.05) is 13.1 Å². The van der Waals surface area contributed by atoms with Crippen molar-refractivity contribution in [3.63, 3.8) is 0 Å². The number of likely N-dealkylation sites (tertiary alicyclic amines) is 1. The van der Waals surface area contributed by atoms with Crippen molar-refractivity contribution in [1.29, 1.82) is 10.5 Å². The van der Waals surface area contributed by atoms with Crippen molar-refractivity contribution in [3.8, 4) is 34.9 Å². The Morgan fingerprint density at radius 3 is 2.66 bits per heavy atom. The van der Waals surface area contributed by atoms with Crippen molar-refractivity contribution in [2.24, 2.45) is 12.5 Å². The molecule has 4 aromatic heterocycles. The number of hydrogen-bond donors (Lipinski definition) is 0. The van der Waals surface area contributed by atoms with Crippen molar-refractivity contribution in [3.05, 3.63) is 43.1 Å². The molecule has 1 saturated carbocycles. The molecule has 4 aromatic rings. The maximum Gasteiger partial charge on any atom is 0.179 e. The number of aryl methyl sites for hydroxylation is 1. The van der Waals surface area contributed by atoms with Crippen LogP contribution in [0.3, 0.4) is 0 Å². The molecule has 0 unspecified atom stereocenters. The summed E-state index contributed by atoms with van der Waals surface area (Å²) >= 11 is 0. The Bertz CT molecular complexity index is 1410. The van der Waals surface area contributed by atoms with E-state index in [2.05, 4.69) is 27.6 Å². The Morgan fingerprint density at radius 1 is 1.09 bits per heavy atom. The molecule has 2 fully saturated rings. The smallest absolute Gasteiger partial charge is 0.179 e. The van der Waals surface area contributed by atoms with E-state index in [1.165, 1.54) is 0 Å². The van der Waals surface area contributed by atoms with Gasteiger partial charge in [-0.2, -0.15) is 25.8 Å². The van der Waals surface area contributed by atoms with Crippen LogP contribution in [0.15, 0.2) is 43.1 Å². The Morgan fingerprint density at radius 2 is 1.94 bits per heavy atom. The molecule has 10 heteroatoms. The molecule has 158 valence electrons. The number of fused-ring (bicyclic) bond motifs is 1. The fourth-order valence-corrected chi connectivity index (χ4v) is 5.44. The van der Waals surface area contributed by atoms with Crippen LogP contribution in [0.2, 0.25) is 0 Å². The van der Waals surface area contributed by atoms with Gasteiger partial charge in [0.1, 0.15) is 11.4 Å². The summed E-state index contributed by atoms with van der Waals surface area (Å²) in [7, 11) is 1.87. The van der Waals surface area contributed by atoms with Crippen LogP contribution in [-0.4, -0.2) is 52.1 Å². The fourth-order valence-electron chi connectivity index (χ4n) is 5.44. The van der Waals surface area contributed by atoms with Gasteiger partial charge in [-0.05, 0) is 25.0 Å². The zero-order chi connectivity index (χ0) is 21.9. The van der Waals surface area contributed by atoms with Crippen molar-refractivity contribution >= 4 is 5.52 Å². The van der Waals surface area contributed by atoms with Crippen LogP contribution in [-0.2, 0) is 12.6 Å². The van der Waals surface area contributed by atoms with Gasteiger partial charge < -0.3 is 4.90 Å². The van der Waals surface area contributed by atoms with Crippen molar-refractivity contribution in [1.82, 2.24) is 39.1 Å². The minimum absolute atomic E-state index is 0.133. The molecule has 1 aliphatic heterocycles. The van der Waals surface area contributed by atoms with E-state index < -0.39 is 0 Å². The summed E-state index contributed by atoms with van der Waals surface area (Å²) in [5, 5.41) is 32.1. The van der Waals surface area contributed by atoms with E-state index in [9.17, 15) is 5.26 Å². The summed E-state index contributed by atoms with van der Waals surface area (Å²) in [6, 6.07) is 6.19. The van der Waals surface area contributed by atoms with E-state index in [0.717, 1.165) is 54.1 Å². The molecular weight excluding hydrogens is 404 g/mol. The third kappa shape index (κ3) is 2.63. The predicted molar refractivity (Wildman–Crippen MR) is 113 cm³/mol. The molecule has 1 spiro atoms. The van der Waals surface area contributed by atoms with E-state index >= 15 is 0 Å². The lowest BCUT2D eigenvalue weighted by Gasteiger charge is -2.62. The average molecular weight is 424 g/mol. The highest BCUT2D eigenvalue weighted by molar-refractivity contribution is 5.77. The molecule has 0 radical (unpaired) electrons. The first kappa shape index (κ1) is 18.6. The first-order chi connectivity index (χ1) is 15.5. The first-order valence-corrected chi connectivity index (χ1v) is 10.4. The Balaban J connectivity index is 1.37. The van der Waals surface area contributed by atoms with Gasteiger partial charge in [-0.25, -0.2) is 9.50 Å². The molecule has 0 amide bonds. The predicted octanol–water partition coefficient (Wildman–Crippen LogP) is 2.18. The van der Waals surface area contributed by atoms with Gasteiger partial charge in [0, 0.05) is 43.5 Å². The zero-order valence-electron chi connectivity index (χ0n) is 17.5. The third-order valence-corrected chi connectivity index (χ3v) is 6.72. The number of rotatable bonds is 4. The number of nitrogens with zero attached hydrogens (tertiary/aromatic N) is 10. The molecule has 5 heterocycles. The van der Waals surface area contributed by atoms with E-state index in [1.807, 2.05) is 48.6 Å².